The number of nitrogens with zero attached hydrogens (tertiary/aromatic N) is 2. The van der Waals surface area contributed by atoms with Crippen LogP contribution in [0.15, 0.2) is 94.8 Å². The number of sulfonamides is 1. The highest BCUT2D eigenvalue weighted by Crippen LogP contribution is 2.61. The van der Waals surface area contributed by atoms with E-state index in [-0.39, 0.29) is 10.9 Å². The van der Waals surface area contributed by atoms with E-state index in [0.29, 0.717) is 10.7 Å². The third-order valence-electron chi connectivity index (χ3n) is 5.10. The van der Waals surface area contributed by atoms with Gasteiger partial charge >= 0.3 is 0 Å². The fraction of sp³-hybridized carbons (Fsp3) is 0.208. The Morgan fingerprint density at radius 1 is 0.935 bits per heavy atom. The number of rotatable bonds is 6. The van der Waals surface area contributed by atoms with Gasteiger partial charge in [0.05, 0.1) is 16.6 Å². The molecule has 1 fully saturated rings. The second kappa shape index (κ2) is 8.40. The van der Waals surface area contributed by atoms with Crippen molar-refractivity contribution in [2.75, 3.05) is 0 Å². The minimum atomic E-state index is -3.88. The second-order valence-corrected chi connectivity index (χ2v) is 10.5. The summed E-state index contributed by atoms with van der Waals surface area (Å²) >= 11 is 13.3. The third-order valence-corrected chi connectivity index (χ3v) is 7.91. The highest BCUT2D eigenvalue weighted by Gasteiger charge is 2.71. The monoisotopic (exact) mass is 472 g/mol. The van der Waals surface area contributed by atoms with Crippen LogP contribution in [0.4, 0.5) is 0 Å². The Kier molecular flexibility index (Phi) is 5.97. The first kappa shape index (κ1) is 22.0. The number of aliphatic imine (C=N–C) groups is 1. The van der Waals surface area contributed by atoms with Gasteiger partial charge in [0.1, 0.15) is 0 Å². The molecule has 0 aromatic heterocycles. The summed E-state index contributed by atoms with van der Waals surface area (Å²) < 4.78 is 28.6. The van der Waals surface area contributed by atoms with Crippen molar-refractivity contribution in [2.24, 2.45) is 4.99 Å². The van der Waals surface area contributed by atoms with Crippen molar-refractivity contribution in [1.29, 1.82) is 0 Å². The molecule has 3 aromatic rings. The predicted molar refractivity (Wildman–Crippen MR) is 126 cm³/mol. The van der Waals surface area contributed by atoms with Gasteiger partial charge in [-0.3, -0.25) is 4.99 Å². The molecule has 3 atom stereocenters. The molecule has 0 bridgehead atoms. The molecule has 1 aliphatic rings. The van der Waals surface area contributed by atoms with Crippen molar-refractivity contribution in [3.63, 3.8) is 0 Å². The van der Waals surface area contributed by atoms with Crippen LogP contribution in [0.5, 0.6) is 0 Å². The number of halogens is 2. The lowest BCUT2D eigenvalue weighted by Gasteiger charge is -2.16. The summed E-state index contributed by atoms with van der Waals surface area (Å²) in [7, 11) is -3.88. The quantitative estimate of drug-likeness (QED) is 0.193. The Morgan fingerprint density at radius 3 is 2.03 bits per heavy atom. The maximum Gasteiger partial charge on any atom is 0.245 e. The summed E-state index contributed by atoms with van der Waals surface area (Å²) in [6.07, 6.45) is 0. The first-order valence-corrected chi connectivity index (χ1v) is 12.1. The smallest absolute Gasteiger partial charge is 0.245 e. The first-order chi connectivity index (χ1) is 14.8. The van der Waals surface area contributed by atoms with Crippen LogP contribution in [-0.2, 0) is 10.0 Å². The zero-order chi connectivity index (χ0) is 22.2. The fourth-order valence-electron chi connectivity index (χ4n) is 3.72. The van der Waals surface area contributed by atoms with E-state index < -0.39 is 21.1 Å². The van der Waals surface area contributed by atoms with E-state index in [2.05, 4.69) is 0 Å². The van der Waals surface area contributed by atoms with E-state index in [4.69, 9.17) is 28.2 Å². The van der Waals surface area contributed by atoms with Gasteiger partial charge in [-0.25, -0.2) is 8.42 Å². The normalized spacial score (nSPS) is 23.7. The standard InChI is InChI=1S/C24H22Cl2N2O2S/c1-17(2)27-22(18-9-5-3-6-10-18)24(26)23(19-13-15-20(25)16-14-19)28(24)31(29,30)21-11-7-4-8-12-21/h3-17,23H,1-2H3/t23-,24-,28?/m1/s1. The van der Waals surface area contributed by atoms with Gasteiger partial charge < -0.3 is 0 Å². The van der Waals surface area contributed by atoms with E-state index in [1.165, 1.54) is 4.31 Å². The molecule has 1 saturated heterocycles. The van der Waals surface area contributed by atoms with Crippen molar-refractivity contribution >= 4 is 38.9 Å². The molecule has 1 aliphatic heterocycles. The molecule has 0 amide bonds. The van der Waals surface area contributed by atoms with Crippen molar-refractivity contribution in [3.8, 4) is 0 Å². The largest absolute Gasteiger partial charge is 0.283 e. The van der Waals surface area contributed by atoms with E-state index in [1.807, 2.05) is 56.3 Å². The molecule has 4 nitrogen and oxygen atoms in total. The van der Waals surface area contributed by atoms with E-state index >= 15 is 0 Å². The molecule has 7 heteroatoms. The summed E-state index contributed by atoms with van der Waals surface area (Å²) in [4.78, 5) is 3.62. The summed E-state index contributed by atoms with van der Waals surface area (Å²) in [6, 6.07) is 24.2. The Labute approximate surface area is 193 Å². The van der Waals surface area contributed by atoms with Crippen molar-refractivity contribution in [2.45, 2.75) is 35.8 Å². The Hall–Kier alpha value is -2.18. The van der Waals surface area contributed by atoms with Gasteiger partial charge in [0.2, 0.25) is 10.0 Å². The van der Waals surface area contributed by atoms with Crippen LogP contribution in [-0.4, -0.2) is 29.5 Å². The highest BCUT2D eigenvalue weighted by molar-refractivity contribution is 7.89. The molecule has 160 valence electrons. The fourth-order valence-corrected chi connectivity index (χ4v) is 6.38. The average molecular weight is 473 g/mol. The number of hydrogen-bond donors (Lipinski definition) is 0. The van der Waals surface area contributed by atoms with Gasteiger partial charge in [0.25, 0.3) is 0 Å². The molecule has 0 saturated carbocycles. The molecule has 1 heterocycles. The molecule has 0 radical (unpaired) electrons. The van der Waals surface area contributed by atoms with E-state index in [9.17, 15) is 8.42 Å². The van der Waals surface area contributed by atoms with Gasteiger partial charge in [0.15, 0.2) is 5.00 Å². The van der Waals surface area contributed by atoms with Crippen LogP contribution in [0.2, 0.25) is 5.02 Å². The Morgan fingerprint density at radius 2 is 1.48 bits per heavy atom. The molecule has 0 N–H and O–H groups in total. The maximum absolute atomic E-state index is 13.6. The van der Waals surface area contributed by atoms with Crippen molar-refractivity contribution in [3.05, 3.63) is 101 Å². The van der Waals surface area contributed by atoms with Crippen molar-refractivity contribution < 1.29 is 8.42 Å². The molecule has 31 heavy (non-hydrogen) atoms. The van der Waals surface area contributed by atoms with Gasteiger partial charge in [-0.1, -0.05) is 83.9 Å². The lowest BCUT2D eigenvalue weighted by molar-refractivity contribution is 0.549. The van der Waals surface area contributed by atoms with Crippen LogP contribution in [0.1, 0.15) is 31.0 Å². The number of benzene rings is 3. The Bertz CT molecular complexity index is 1200. The molecule has 0 aliphatic carbocycles. The highest BCUT2D eigenvalue weighted by atomic mass is 35.5. The zero-order valence-corrected chi connectivity index (χ0v) is 19.4. The average Bonchev–Trinajstić information content (AvgIpc) is 3.41. The first-order valence-electron chi connectivity index (χ1n) is 9.94. The topological polar surface area (TPSA) is 49.5 Å². The maximum atomic E-state index is 13.6. The molecular weight excluding hydrogens is 451 g/mol. The van der Waals surface area contributed by atoms with Crippen LogP contribution >= 0.6 is 23.2 Å². The van der Waals surface area contributed by atoms with E-state index in [1.54, 1.807) is 42.5 Å². The second-order valence-electron chi connectivity index (χ2n) is 7.68. The summed E-state index contributed by atoms with van der Waals surface area (Å²) in [5.41, 5.74) is 2.08. The molecule has 1 unspecified atom stereocenters. The predicted octanol–water partition coefficient (Wildman–Crippen LogP) is 5.92. The molecule has 0 spiro atoms. The lowest BCUT2D eigenvalue weighted by Crippen LogP contribution is -2.29. The van der Waals surface area contributed by atoms with Crippen LogP contribution in [0.25, 0.3) is 0 Å². The van der Waals surface area contributed by atoms with Crippen LogP contribution in [0.3, 0.4) is 0 Å². The van der Waals surface area contributed by atoms with Crippen LogP contribution < -0.4 is 0 Å². The van der Waals surface area contributed by atoms with E-state index in [0.717, 1.165) is 11.1 Å². The molecule has 3 aromatic carbocycles. The zero-order valence-electron chi connectivity index (χ0n) is 17.1. The van der Waals surface area contributed by atoms with Crippen molar-refractivity contribution in [1.82, 2.24) is 4.31 Å². The minimum absolute atomic E-state index is 0.0708. The third kappa shape index (κ3) is 4.03. The lowest BCUT2D eigenvalue weighted by atomic mass is 10.0. The molecule has 4 rings (SSSR count). The SMILES string of the molecule is CC(C)N=C(c1ccccc1)[C@]1(Cl)[C@@H](c2ccc(Cl)cc2)N1S(=O)(=O)c1ccccc1. The molecular formula is C24H22Cl2N2O2S. The Balaban J connectivity index is 1.90. The number of alkyl halides is 1. The summed E-state index contributed by atoms with van der Waals surface area (Å²) in [6.45, 7) is 3.89. The van der Waals surface area contributed by atoms with Gasteiger partial charge in [-0.15, -0.1) is 0 Å². The van der Waals surface area contributed by atoms with Gasteiger partial charge in [-0.2, -0.15) is 4.31 Å². The summed E-state index contributed by atoms with van der Waals surface area (Å²) in [5.74, 6) is 0. The number of hydrogen-bond acceptors (Lipinski definition) is 3. The van der Waals surface area contributed by atoms with Gasteiger partial charge in [0, 0.05) is 11.1 Å². The van der Waals surface area contributed by atoms with Crippen LogP contribution in [0, 0.1) is 0 Å². The summed E-state index contributed by atoms with van der Waals surface area (Å²) in [5, 5.41) is 0.571. The van der Waals surface area contributed by atoms with Gasteiger partial charge in [-0.05, 0) is 49.2 Å². The minimum Gasteiger partial charge on any atom is -0.283 e.